The Hall–Kier alpha value is 0.0513. The Bertz CT molecular complexity index is 406. The molecule has 0 fully saturated rings. The van der Waals surface area contributed by atoms with E-state index in [4.69, 9.17) is 0 Å². The van der Waals surface area contributed by atoms with Crippen LogP contribution in [0, 0.1) is 0 Å². The van der Waals surface area contributed by atoms with Crippen molar-refractivity contribution in [2.45, 2.75) is 6.92 Å². The van der Waals surface area contributed by atoms with Crippen molar-refractivity contribution in [3.8, 4) is 0 Å². The molecule has 0 aliphatic rings. The fourth-order valence-corrected chi connectivity index (χ4v) is 0.963. The minimum absolute atomic E-state index is 0. The van der Waals surface area contributed by atoms with Crippen LogP contribution in [-0.2, 0) is 0 Å². The zero-order valence-corrected chi connectivity index (χ0v) is 12.1. The molecule has 1 rings (SSSR count). The SMILES string of the molecule is CC(=O)c1cc(/C=C/[B-](F)(F)F)ccn1.[K+]. The molecular weight excluding hydrogens is 245 g/mol. The molecule has 0 aliphatic heterocycles. The van der Waals surface area contributed by atoms with E-state index in [9.17, 15) is 17.7 Å². The third-order valence-electron chi connectivity index (χ3n) is 1.65. The minimum Gasteiger partial charge on any atom is -0.445 e. The molecular formula is C9H8BF3KNO. The smallest absolute Gasteiger partial charge is 0.445 e. The number of ketones is 1. The molecule has 0 N–H and O–H groups in total. The number of carbonyl (C=O) groups is 1. The first-order valence-electron chi connectivity index (χ1n) is 4.25. The summed E-state index contributed by atoms with van der Waals surface area (Å²) in [4.78, 5) is 14.6. The summed E-state index contributed by atoms with van der Waals surface area (Å²) in [6.07, 6.45) is 2.23. The van der Waals surface area contributed by atoms with Crippen molar-refractivity contribution in [2.75, 3.05) is 0 Å². The number of halogens is 3. The van der Waals surface area contributed by atoms with Crippen molar-refractivity contribution in [2.24, 2.45) is 0 Å². The third kappa shape index (κ3) is 5.95. The van der Waals surface area contributed by atoms with Crippen molar-refractivity contribution in [3.63, 3.8) is 0 Å². The largest absolute Gasteiger partial charge is 1.00 e. The molecule has 0 saturated carbocycles. The summed E-state index contributed by atoms with van der Waals surface area (Å²) in [6.45, 7) is -3.63. The van der Waals surface area contributed by atoms with E-state index in [1.807, 2.05) is 0 Å². The molecule has 7 heteroatoms. The number of pyridine rings is 1. The van der Waals surface area contributed by atoms with Crippen molar-refractivity contribution >= 4 is 18.8 Å². The first-order valence-corrected chi connectivity index (χ1v) is 4.25. The Balaban J connectivity index is 0.00000225. The summed E-state index contributed by atoms with van der Waals surface area (Å²) in [5.74, 6) is -0.0954. The predicted molar refractivity (Wildman–Crippen MR) is 52.4 cm³/mol. The van der Waals surface area contributed by atoms with Gasteiger partial charge in [0.15, 0.2) is 5.78 Å². The summed E-state index contributed by atoms with van der Waals surface area (Å²) in [5, 5.41) is 0. The van der Waals surface area contributed by atoms with E-state index < -0.39 is 6.98 Å². The second-order valence-corrected chi connectivity index (χ2v) is 3.02. The third-order valence-corrected chi connectivity index (χ3v) is 1.65. The van der Waals surface area contributed by atoms with Crippen LogP contribution in [0.25, 0.3) is 6.08 Å². The van der Waals surface area contributed by atoms with E-state index >= 15 is 0 Å². The van der Waals surface area contributed by atoms with Crippen molar-refractivity contribution < 1.29 is 69.1 Å². The number of aromatic nitrogens is 1. The Morgan fingerprint density at radius 3 is 2.56 bits per heavy atom. The zero-order valence-electron chi connectivity index (χ0n) is 8.95. The molecule has 1 aromatic rings. The number of Topliss-reactive ketones (excluding diaryl/α,β-unsaturated/α-hetero) is 1. The first-order chi connectivity index (χ1) is 6.88. The van der Waals surface area contributed by atoms with Gasteiger partial charge in [0.05, 0.1) is 0 Å². The van der Waals surface area contributed by atoms with E-state index in [0.717, 1.165) is 6.08 Å². The molecule has 0 atom stereocenters. The molecule has 1 aromatic heterocycles. The van der Waals surface area contributed by atoms with Gasteiger partial charge in [0.2, 0.25) is 0 Å². The van der Waals surface area contributed by atoms with Crippen LogP contribution in [0.4, 0.5) is 12.9 Å². The molecule has 16 heavy (non-hydrogen) atoms. The van der Waals surface area contributed by atoms with E-state index in [1.165, 1.54) is 25.3 Å². The summed E-state index contributed by atoms with van der Waals surface area (Å²) in [5.41, 5.74) is 0.473. The average molecular weight is 253 g/mol. The topological polar surface area (TPSA) is 30.0 Å². The molecule has 0 unspecified atom stereocenters. The number of rotatable bonds is 3. The normalized spacial score (nSPS) is 11.2. The molecule has 0 bridgehead atoms. The van der Waals surface area contributed by atoms with Crippen LogP contribution in [0.3, 0.4) is 0 Å². The van der Waals surface area contributed by atoms with Gasteiger partial charge < -0.3 is 12.9 Å². The number of hydrogen-bond acceptors (Lipinski definition) is 2. The monoisotopic (exact) mass is 253 g/mol. The van der Waals surface area contributed by atoms with Gasteiger partial charge in [-0.05, 0) is 17.7 Å². The van der Waals surface area contributed by atoms with E-state index in [0.29, 0.717) is 5.56 Å². The molecule has 0 radical (unpaired) electrons. The van der Waals surface area contributed by atoms with E-state index in [1.54, 1.807) is 0 Å². The first kappa shape index (κ1) is 16.1. The molecule has 80 valence electrons. The van der Waals surface area contributed by atoms with Gasteiger partial charge in [-0.1, -0.05) is 6.08 Å². The van der Waals surface area contributed by atoms with Gasteiger partial charge in [-0.25, -0.2) is 0 Å². The minimum atomic E-state index is -4.94. The summed E-state index contributed by atoms with van der Waals surface area (Å²) >= 11 is 0. The maximum absolute atomic E-state index is 11.9. The van der Waals surface area contributed by atoms with E-state index in [-0.39, 0.29) is 68.8 Å². The van der Waals surface area contributed by atoms with Gasteiger partial charge in [-0.3, -0.25) is 9.78 Å². The molecule has 0 saturated heterocycles. The fraction of sp³-hybridized carbons (Fsp3) is 0.111. The van der Waals surface area contributed by atoms with Gasteiger partial charge in [0.25, 0.3) is 0 Å². The van der Waals surface area contributed by atoms with Crippen LogP contribution >= 0.6 is 0 Å². The van der Waals surface area contributed by atoms with E-state index in [2.05, 4.69) is 4.98 Å². The Morgan fingerprint density at radius 2 is 2.06 bits per heavy atom. The quantitative estimate of drug-likeness (QED) is 0.546. The Morgan fingerprint density at radius 1 is 1.44 bits per heavy atom. The second kappa shape index (κ2) is 6.71. The van der Waals surface area contributed by atoms with Crippen molar-refractivity contribution in [1.29, 1.82) is 0 Å². The Kier molecular flexibility index (Phi) is 6.73. The number of carbonyl (C=O) groups excluding carboxylic acids is 1. The molecule has 0 spiro atoms. The molecule has 1 heterocycles. The van der Waals surface area contributed by atoms with Gasteiger partial charge in [0, 0.05) is 13.1 Å². The predicted octanol–water partition coefficient (Wildman–Crippen LogP) is -0.312. The maximum Gasteiger partial charge on any atom is 1.00 e. The van der Waals surface area contributed by atoms with Crippen LogP contribution in [-0.4, -0.2) is 17.7 Å². The van der Waals surface area contributed by atoms with Crippen LogP contribution in [0.5, 0.6) is 0 Å². The van der Waals surface area contributed by atoms with Gasteiger partial charge in [0.1, 0.15) is 5.69 Å². The van der Waals surface area contributed by atoms with Crippen LogP contribution in [0.1, 0.15) is 23.0 Å². The number of nitrogens with zero attached hydrogens (tertiary/aromatic N) is 1. The van der Waals surface area contributed by atoms with Crippen molar-refractivity contribution in [1.82, 2.24) is 4.98 Å². The molecule has 0 amide bonds. The standard InChI is InChI=1S/C9H8BF3NO.K/c1-7(15)9-6-8(3-5-14-9)2-4-10(11,12)13;/h2-6H,1H3;/q-1;+1/b4-2+;. The van der Waals surface area contributed by atoms with Crippen LogP contribution in [0.15, 0.2) is 24.3 Å². The van der Waals surface area contributed by atoms with Crippen molar-refractivity contribution in [3.05, 3.63) is 35.6 Å². The summed E-state index contributed by atoms with van der Waals surface area (Å²) in [7, 11) is 0. The molecule has 0 aromatic carbocycles. The Labute approximate surface area is 134 Å². The van der Waals surface area contributed by atoms with Crippen LogP contribution in [0.2, 0.25) is 0 Å². The van der Waals surface area contributed by atoms with Gasteiger partial charge in [-0.2, -0.15) is 0 Å². The molecule has 0 aliphatic carbocycles. The summed E-state index contributed by atoms with van der Waals surface area (Å²) < 4.78 is 35.7. The van der Waals surface area contributed by atoms with Crippen LogP contribution < -0.4 is 51.4 Å². The number of hydrogen-bond donors (Lipinski definition) is 0. The zero-order chi connectivity index (χ0) is 11.5. The fourth-order valence-electron chi connectivity index (χ4n) is 0.963. The summed E-state index contributed by atoms with van der Waals surface area (Å²) in [6, 6.07) is 2.73. The van der Waals surface area contributed by atoms with Gasteiger partial charge in [-0.15, -0.1) is 5.98 Å². The maximum atomic E-state index is 11.9. The average Bonchev–Trinajstić information content (AvgIpc) is 2.14. The second-order valence-electron chi connectivity index (χ2n) is 3.02. The van der Waals surface area contributed by atoms with Gasteiger partial charge >= 0.3 is 58.4 Å². The molecule has 2 nitrogen and oxygen atoms in total.